The molecule has 0 aromatic carbocycles. The number of nitrogens with zero attached hydrogens (tertiary/aromatic N) is 1. The molecule has 4 atom stereocenters. The lowest BCUT2D eigenvalue weighted by Crippen LogP contribution is -2.71. The zero-order valence-corrected chi connectivity index (χ0v) is 15.0. The van der Waals surface area contributed by atoms with E-state index in [4.69, 9.17) is 23.7 Å². The van der Waals surface area contributed by atoms with Crippen molar-refractivity contribution in [1.29, 1.82) is 0 Å². The van der Waals surface area contributed by atoms with E-state index in [0.29, 0.717) is 0 Å². The van der Waals surface area contributed by atoms with Gasteiger partial charge in [-0.3, -0.25) is 4.98 Å². The lowest BCUT2D eigenvalue weighted by Gasteiger charge is -2.50. The molecule has 0 saturated carbocycles. The van der Waals surface area contributed by atoms with E-state index in [9.17, 15) is 5.11 Å². The standard InChI is InChI=1S/C18H25NO6/c1-15(2)22-11-18(25-15)17(20,9-12-7-5-6-8-19-12)14-13(10-21-18)23-16(3,4)24-14/h5-8,13-14,20H,9-11H2,1-4H3/t13-,14-,17-,18+/m1/s1. The first-order valence-corrected chi connectivity index (χ1v) is 8.61. The van der Waals surface area contributed by atoms with Crippen LogP contribution in [0, 0.1) is 0 Å². The monoisotopic (exact) mass is 351 g/mol. The fourth-order valence-electron chi connectivity index (χ4n) is 3.94. The molecule has 1 N–H and O–H groups in total. The van der Waals surface area contributed by atoms with Gasteiger partial charge in [-0.05, 0) is 39.8 Å². The molecule has 3 aliphatic rings. The van der Waals surface area contributed by atoms with Crippen LogP contribution in [0.2, 0.25) is 0 Å². The van der Waals surface area contributed by atoms with Crippen LogP contribution in [0.5, 0.6) is 0 Å². The quantitative estimate of drug-likeness (QED) is 0.862. The number of aromatic nitrogens is 1. The molecule has 3 fully saturated rings. The molecule has 4 heterocycles. The summed E-state index contributed by atoms with van der Waals surface area (Å²) in [7, 11) is 0. The number of hydrogen-bond donors (Lipinski definition) is 1. The molecule has 0 unspecified atom stereocenters. The fourth-order valence-corrected chi connectivity index (χ4v) is 3.94. The van der Waals surface area contributed by atoms with E-state index >= 15 is 0 Å². The molecule has 4 rings (SSSR count). The number of fused-ring (bicyclic) bond motifs is 1. The summed E-state index contributed by atoms with van der Waals surface area (Å²) in [4.78, 5) is 4.35. The minimum Gasteiger partial charge on any atom is -0.381 e. The van der Waals surface area contributed by atoms with Crippen molar-refractivity contribution < 1.29 is 28.8 Å². The maximum absolute atomic E-state index is 11.8. The summed E-state index contributed by atoms with van der Waals surface area (Å²) in [5.41, 5.74) is -0.790. The van der Waals surface area contributed by atoms with Crippen LogP contribution in [-0.2, 0) is 30.1 Å². The van der Waals surface area contributed by atoms with Gasteiger partial charge in [-0.25, -0.2) is 0 Å². The van der Waals surface area contributed by atoms with E-state index in [-0.39, 0.29) is 25.7 Å². The first-order valence-electron chi connectivity index (χ1n) is 8.61. The zero-order chi connectivity index (χ0) is 17.9. The smallest absolute Gasteiger partial charge is 0.227 e. The Labute approximate surface area is 147 Å². The van der Waals surface area contributed by atoms with Crippen LogP contribution < -0.4 is 0 Å². The second-order valence-electron chi connectivity index (χ2n) is 7.87. The second-order valence-corrected chi connectivity index (χ2v) is 7.87. The predicted molar refractivity (Wildman–Crippen MR) is 86.5 cm³/mol. The second kappa shape index (κ2) is 5.45. The van der Waals surface area contributed by atoms with Crippen molar-refractivity contribution in [2.75, 3.05) is 13.2 Å². The van der Waals surface area contributed by atoms with Crippen LogP contribution in [0.15, 0.2) is 24.4 Å². The first kappa shape index (κ1) is 17.3. The minimum atomic E-state index is -1.51. The van der Waals surface area contributed by atoms with E-state index in [0.717, 1.165) is 5.69 Å². The minimum absolute atomic E-state index is 0.107. The van der Waals surface area contributed by atoms with Gasteiger partial charge in [0.1, 0.15) is 18.8 Å². The fraction of sp³-hybridized carbons (Fsp3) is 0.722. The predicted octanol–water partition coefficient (Wildman–Crippen LogP) is 1.38. The maximum atomic E-state index is 11.8. The van der Waals surface area contributed by atoms with Gasteiger partial charge in [0.25, 0.3) is 0 Å². The number of aliphatic hydroxyl groups is 1. The van der Waals surface area contributed by atoms with Crippen LogP contribution >= 0.6 is 0 Å². The normalized spacial score (nSPS) is 41.8. The highest BCUT2D eigenvalue weighted by molar-refractivity contribution is 5.17. The van der Waals surface area contributed by atoms with Crippen molar-refractivity contribution in [2.24, 2.45) is 0 Å². The summed E-state index contributed by atoms with van der Waals surface area (Å²) in [6.45, 7) is 7.63. The Hall–Kier alpha value is -1.09. The maximum Gasteiger partial charge on any atom is 0.227 e. The number of ether oxygens (including phenoxy) is 5. The van der Waals surface area contributed by atoms with E-state index in [1.807, 2.05) is 32.0 Å². The molecule has 0 radical (unpaired) electrons. The van der Waals surface area contributed by atoms with Crippen LogP contribution in [0.1, 0.15) is 33.4 Å². The molecule has 7 nitrogen and oxygen atoms in total. The molecular weight excluding hydrogens is 326 g/mol. The van der Waals surface area contributed by atoms with Gasteiger partial charge in [0.15, 0.2) is 17.2 Å². The van der Waals surface area contributed by atoms with E-state index in [2.05, 4.69) is 4.98 Å². The van der Waals surface area contributed by atoms with Crippen molar-refractivity contribution >= 4 is 0 Å². The summed E-state index contributed by atoms with van der Waals surface area (Å²) in [5.74, 6) is -3.00. The molecule has 25 heavy (non-hydrogen) atoms. The largest absolute Gasteiger partial charge is 0.381 e. The highest BCUT2D eigenvalue weighted by Gasteiger charge is 2.70. The average molecular weight is 351 g/mol. The Bertz CT molecular complexity index is 648. The Kier molecular flexibility index (Phi) is 3.78. The Morgan fingerprint density at radius 3 is 2.56 bits per heavy atom. The average Bonchev–Trinajstić information content (AvgIpc) is 3.02. The third-order valence-corrected chi connectivity index (χ3v) is 4.99. The van der Waals surface area contributed by atoms with E-state index in [1.165, 1.54) is 0 Å². The molecule has 1 aromatic heterocycles. The molecule has 1 spiro atoms. The first-order chi connectivity index (χ1) is 11.6. The third kappa shape index (κ3) is 2.79. The SMILES string of the molecule is CC1(C)O[C@@H]2[C@@H](CO[C@]3(COC(C)(C)O3)[C@@]2(O)Cc2ccccn2)O1. The van der Waals surface area contributed by atoms with Gasteiger partial charge in [0, 0.05) is 18.3 Å². The van der Waals surface area contributed by atoms with Gasteiger partial charge in [-0.15, -0.1) is 0 Å². The molecular formula is C18H25NO6. The van der Waals surface area contributed by atoms with Crippen molar-refractivity contribution in [3.63, 3.8) is 0 Å². The van der Waals surface area contributed by atoms with Crippen molar-refractivity contribution in [3.05, 3.63) is 30.1 Å². The summed E-state index contributed by atoms with van der Waals surface area (Å²) in [6.07, 6.45) is 0.893. The summed E-state index contributed by atoms with van der Waals surface area (Å²) < 4.78 is 29.9. The van der Waals surface area contributed by atoms with Gasteiger partial charge in [-0.2, -0.15) is 0 Å². The Morgan fingerprint density at radius 2 is 1.92 bits per heavy atom. The molecule has 3 saturated heterocycles. The van der Waals surface area contributed by atoms with Gasteiger partial charge in [0.05, 0.1) is 6.61 Å². The van der Waals surface area contributed by atoms with E-state index < -0.39 is 29.1 Å². The van der Waals surface area contributed by atoms with Gasteiger partial charge in [-0.1, -0.05) is 6.07 Å². The number of hydrogen-bond acceptors (Lipinski definition) is 7. The van der Waals surface area contributed by atoms with Crippen molar-refractivity contribution in [1.82, 2.24) is 4.98 Å². The van der Waals surface area contributed by atoms with Gasteiger partial charge < -0.3 is 28.8 Å². The topological polar surface area (TPSA) is 79.3 Å². The molecule has 0 amide bonds. The van der Waals surface area contributed by atoms with Crippen LogP contribution in [0.25, 0.3) is 0 Å². The van der Waals surface area contributed by atoms with E-state index in [1.54, 1.807) is 20.0 Å². The summed E-state index contributed by atoms with van der Waals surface area (Å²) in [6, 6.07) is 5.57. The van der Waals surface area contributed by atoms with Crippen LogP contribution in [0.3, 0.4) is 0 Å². The molecule has 0 aliphatic carbocycles. The lowest BCUT2D eigenvalue weighted by molar-refractivity contribution is -0.366. The van der Waals surface area contributed by atoms with Crippen molar-refractivity contribution in [2.45, 2.75) is 69.3 Å². The van der Waals surface area contributed by atoms with Crippen LogP contribution in [0.4, 0.5) is 0 Å². The van der Waals surface area contributed by atoms with Crippen LogP contribution in [-0.4, -0.2) is 58.5 Å². The molecule has 7 heteroatoms. The number of pyridine rings is 1. The highest BCUT2D eigenvalue weighted by Crippen LogP contribution is 2.50. The molecule has 0 bridgehead atoms. The lowest BCUT2D eigenvalue weighted by atomic mass is 9.78. The molecule has 3 aliphatic heterocycles. The Morgan fingerprint density at radius 1 is 1.12 bits per heavy atom. The zero-order valence-electron chi connectivity index (χ0n) is 15.0. The van der Waals surface area contributed by atoms with Gasteiger partial charge >= 0.3 is 0 Å². The number of rotatable bonds is 2. The van der Waals surface area contributed by atoms with Gasteiger partial charge in [0.2, 0.25) is 5.79 Å². The molecule has 138 valence electrons. The summed E-state index contributed by atoms with van der Waals surface area (Å²) in [5, 5.41) is 11.8. The summed E-state index contributed by atoms with van der Waals surface area (Å²) >= 11 is 0. The van der Waals surface area contributed by atoms with Crippen molar-refractivity contribution in [3.8, 4) is 0 Å². The molecule has 1 aromatic rings. The third-order valence-electron chi connectivity index (χ3n) is 4.99. The highest BCUT2D eigenvalue weighted by atomic mass is 16.9. The Balaban J connectivity index is 1.74.